The first-order valence-electron chi connectivity index (χ1n) is 6.76. The van der Waals surface area contributed by atoms with Crippen LogP contribution in [0.1, 0.15) is 46.1 Å². The summed E-state index contributed by atoms with van der Waals surface area (Å²) in [7, 11) is 0. The summed E-state index contributed by atoms with van der Waals surface area (Å²) in [5, 5.41) is 0. The maximum Gasteiger partial charge on any atom is 0.143 e. The number of nitrogens with two attached hydrogens (primary N) is 1. The molecule has 0 unspecified atom stereocenters. The first kappa shape index (κ1) is 15.5. The minimum atomic E-state index is -0.169. The van der Waals surface area contributed by atoms with Gasteiger partial charge in [-0.2, -0.15) is 0 Å². The van der Waals surface area contributed by atoms with E-state index in [9.17, 15) is 0 Å². The van der Waals surface area contributed by atoms with Gasteiger partial charge in [0, 0.05) is 5.56 Å². The topological polar surface area (TPSA) is 59.6 Å². The zero-order valence-electron chi connectivity index (χ0n) is 12.4. The van der Waals surface area contributed by atoms with Crippen molar-refractivity contribution in [3.63, 3.8) is 0 Å². The van der Waals surface area contributed by atoms with Gasteiger partial charge in [0.25, 0.3) is 0 Å². The fourth-order valence-corrected chi connectivity index (χ4v) is 1.56. The van der Waals surface area contributed by atoms with Crippen LogP contribution in [0.5, 0.6) is 5.75 Å². The Hall–Kier alpha value is -1.55. The van der Waals surface area contributed by atoms with Crippen LogP contribution >= 0.6 is 0 Å². The van der Waals surface area contributed by atoms with Crippen LogP contribution in [0.2, 0.25) is 0 Å². The zero-order valence-corrected chi connectivity index (χ0v) is 12.4. The smallest absolute Gasteiger partial charge is 0.143 e. The molecule has 0 radical (unpaired) electrons. The molecule has 19 heavy (non-hydrogen) atoms. The SMILES string of the molecule is CCCCOc1ccc(C(=NC(C)(C)C)NN)cc1. The normalized spacial score (nSPS) is 12.4. The Morgan fingerprint density at radius 2 is 1.89 bits per heavy atom. The van der Waals surface area contributed by atoms with E-state index in [0.717, 1.165) is 30.8 Å². The predicted molar refractivity (Wildman–Crippen MR) is 80.5 cm³/mol. The number of unbranched alkanes of at least 4 members (excludes halogenated alkanes) is 1. The summed E-state index contributed by atoms with van der Waals surface area (Å²) < 4.78 is 5.62. The highest BCUT2D eigenvalue weighted by atomic mass is 16.5. The lowest BCUT2D eigenvalue weighted by Gasteiger charge is -2.16. The molecule has 1 aromatic rings. The molecule has 0 aromatic heterocycles. The summed E-state index contributed by atoms with van der Waals surface area (Å²) in [6, 6.07) is 7.82. The lowest BCUT2D eigenvalue weighted by Crippen LogP contribution is -2.33. The van der Waals surface area contributed by atoms with Gasteiger partial charge in [0.2, 0.25) is 0 Å². The molecule has 106 valence electrons. The Morgan fingerprint density at radius 3 is 2.37 bits per heavy atom. The molecule has 0 aliphatic heterocycles. The Labute approximate surface area is 116 Å². The van der Waals surface area contributed by atoms with Crippen molar-refractivity contribution in [2.45, 2.75) is 46.1 Å². The largest absolute Gasteiger partial charge is 0.494 e. The molecular weight excluding hydrogens is 238 g/mol. The summed E-state index contributed by atoms with van der Waals surface area (Å²) in [4.78, 5) is 4.54. The van der Waals surface area contributed by atoms with E-state index in [1.165, 1.54) is 0 Å². The summed E-state index contributed by atoms with van der Waals surface area (Å²) in [5.41, 5.74) is 3.45. The Bertz CT molecular complexity index is 404. The highest BCUT2D eigenvalue weighted by molar-refractivity contribution is 5.98. The van der Waals surface area contributed by atoms with E-state index < -0.39 is 0 Å². The van der Waals surface area contributed by atoms with Gasteiger partial charge in [-0.25, -0.2) is 5.84 Å². The monoisotopic (exact) mass is 263 g/mol. The summed E-state index contributed by atoms with van der Waals surface area (Å²) in [6.45, 7) is 9.01. The molecule has 0 atom stereocenters. The quantitative estimate of drug-likeness (QED) is 0.282. The summed E-state index contributed by atoms with van der Waals surface area (Å²) in [5.74, 6) is 7.10. The van der Waals surface area contributed by atoms with Crippen LogP contribution in [0.15, 0.2) is 29.3 Å². The molecule has 0 bridgehead atoms. The van der Waals surface area contributed by atoms with Crippen molar-refractivity contribution in [2.75, 3.05) is 6.61 Å². The van der Waals surface area contributed by atoms with Crippen molar-refractivity contribution >= 4 is 5.84 Å². The molecule has 1 aromatic carbocycles. The maximum absolute atomic E-state index is 5.62. The highest BCUT2D eigenvalue weighted by Crippen LogP contribution is 2.15. The second-order valence-electron chi connectivity index (χ2n) is 5.50. The van der Waals surface area contributed by atoms with E-state index in [1.54, 1.807) is 0 Å². The van der Waals surface area contributed by atoms with E-state index in [2.05, 4.69) is 17.3 Å². The van der Waals surface area contributed by atoms with Gasteiger partial charge in [-0.15, -0.1) is 0 Å². The van der Waals surface area contributed by atoms with Crippen LogP contribution in [-0.4, -0.2) is 18.0 Å². The van der Waals surface area contributed by atoms with Crippen LogP contribution < -0.4 is 16.0 Å². The molecule has 0 saturated heterocycles. The molecule has 3 N–H and O–H groups in total. The molecule has 1 rings (SSSR count). The van der Waals surface area contributed by atoms with E-state index in [0.29, 0.717) is 5.84 Å². The number of ether oxygens (including phenoxy) is 1. The average molecular weight is 263 g/mol. The van der Waals surface area contributed by atoms with Crippen LogP contribution in [0, 0.1) is 0 Å². The number of hydrogen-bond acceptors (Lipinski definition) is 3. The number of benzene rings is 1. The van der Waals surface area contributed by atoms with Gasteiger partial charge < -0.3 is 10.2 Å². The molecular formula is C15H25N3O. The second-order valence-corrected chi connectivity index (χ2v) is 5.50. The van der Waals surface area contributed by atoms with Crippen LogP contribution in [-0.2, 0) is 0 Å². The third kappa shape index (κ3) is 5.75. The van der Waals surface area contributed by atoms with E-state index in [4.69, 9.17) is 10.6 Å². The van der Waals surface area contributed by atoms with Gasteiger partial charge >= 0.3 is 0 Å². The second kappa shape index (κ2) is 7.14. The lowest BCUT2D eigenvalue weighted by atomic mass is 10.1. The fourth-order valence-electron chi connectivity index (χ4n) is 1.56. The third-order valence-corrected chi connectivity index (χ3v) is 2.48. The van der Waals surface area contributed by atoms with Crippen molar-refractivity contribution in [1.82, 2.24) is 5.43 Å². The Morgan fingerprint density at radius 1 is 1.26 bits per heavy atom. The molecule has 0 fully saturated rings. The molecule has 0 spiro atoms. The molecule has 0 aliphatic rings. The minimum Gasteiger partial charge on any atom is -0.494 e. The molecule has 0 saturated carbocycles. The minimum absolute atomic E-state index is 0.169. The maximum atomic E-state index is 5.62. The number of nitrogens with zero attached hydrogens (tertiary/aromatic N) is 1. The summed E-state index contributed by atoms with van der Waals surface area (Å²) >= 11 is 0. The standard InChI is InChI=1S/C15H25N3O/c1-5-6-11-19-13-9-7-12(8-10-13)14(18-16)17-15(2,3)4/h7-10H,5-6,11,16H2,1-4H3,(H,17,18). The van der Waals surface area contributed by atoms with Crippen LogP contribution in [0.3, 0.4) is 0 Å². The first-order chi connectivity index (χ1) is 8.96. The molecule has 0 heterocycles. The fraction of sp³-hybridized carbons (Fsp3) is 0.533. The molecule has 4 nitrogen and oxygen atoms in total. The number of hydrazine groups is 1. The van der Waals surface area contributed by atoms with Gasteiger partial charge in [0.1, 0.15) is 11.6 Å². The van der Waals surface area contributed by atoms with Crippen LogP contribution in [0.4, 0.5) is 0 Å². The number of rotatable bonds is 5. The van der Waals surface area contributed by atoms with Crippen molar-refractivity contribution in [1.29, 1.82) is 0 Å². The predicted octanol–water partition coefficient (Wildman–Crippen LogP) is 2.87. The van der Waals surface area contributed by atoms with Gasteiger partial charge in [0.15, 0.2) is 0 Å². The van der Waals surface area contributed by atoms with Crippen molar-refractivity contribution in [2.24, 2.45) is 10.8 Å². The van der Waals surface area contributed by atoms with E-state index in [-0.39, 0.29) is 5.54 Å². The van der Waals surface area contributed by atoms with Crippen LogP contribution in [0.25, 0.3) is 0 Å². The first-order valence-corrected chi connectivity index (χ1v) is 6.76. The molecule has 0 amide bonds. The number of aliphatic imine (C=N–C) groups is 1. The Balaban J connectivity index is 2.76. The van der Waals surface area contributed by atoms with Gasteiger partial charge in [-0.3, -0.25) is 4.99 Å². The van der Waals surface area contributed by atoms with Gasteiger partial charge in [-0.05, 0) is 51.5 Å². The van der Waals surface area contributed by atoms with Gasteiger partial charge in [0.05, 0.1) is 12.1 Å². The van der Waals surface area contributed by atoms with Gasteiger partial charge in [-0.1, -0.05) is 13.3 Å². The lowest BCUT2D eigenvalue weighted by molar-refractivity contribution is 0.309. The van der Waals surface area contributed by atoms with Crippen molar-refractivity contribution in [3.8, 4) is 5.75 Å². The highest BCUT2D eigenvalue weighted by Gasteiger charge is 2.10. The third-order valence-electron chi connectivity index (χ3n) is 2.48. The van der Waals surface area contributed by atoms with Crippen molar-refractivity contribution in [3.05, 3.63) is 29.8 Å². The van der Waals surface area contributed by atoms with E-state index in [1.807, 2.05) is 45.0 Å². The zero-order chi connectivity index (χ0) is 14.3. The average Bonchev–Trinajstić information content (AvgIpc) is 2.36. The summed E-state index contributed by atoms with van der Waals surface area (Å²) in [6.07, 6.45) is 2.21. The van der Waals surface area contributed by atoms with E-state index >= 15 is 0 Å². The Kier molecular flexibility index (Phi) is 5.83. The number of nitrogens with one attached hydrogen (secondary N) is 1. The molecule has 0 aliphatic carbocycles. The number of amidine groups is 1. The number of hydrogen-bond donors (Lipinski definition) is 2. The van der Waals surface area contributed by atoms with Crippen molar-refractivity contribution < 1.29 is 4.74 Å². The molecule has 4 heteroatoms.